The number of Topliss-reactive ketones (excluding diaryl/α,β-unsaturated/α-hetero) is 1. The topological polar surface area (TPSA) is 43.4 Å². The lowest BCUT2D eigenvalue weighted by molar-refractivity contribution is -0.148. The normalized spacial score (nSPS) is 10.8. The van der Waals surface area contributed by atoms with E-state index in [0.717, 1.165) is 6.42 Å². The molecule has 0 fully saturated rings. The number of hydrogen-bond donors (Lipinski definition) is 0. The Hall–Kier alpha value is -0.860. The van der Waals surface area contributed by atoms with Crippen molar-refractivity contribution < 1.29 is 14.3 Å². The van der Waals surface area contributed by atoms with E-state index in [1.54, 1.807) is 13.8 Å². The average molecular weight is 214 g/mol. The van der Waals surface area contributed by atoms with Crippen LogP contribution in [-0.4, -0.2) is 17.9 Å². The summed E-state index contributed by atoms with van der Waals surface area (Å²) < 4.78 is 4.94. The molecule has 88 valence electrons. The van der Waals surface area contributed by atoms with Crippen LogP contribution in [0.15, 0.2) is 0 Å². The molecule has 0 bridgehead atoms. The second kappa shape index (κ2) is 7.43. The summed E-state index contributed by atoms with van der Waals surface area (Å²) in [7, 11) is 0. The molecule has 0 N–H and O–H groups in total. The largest absolute Gasteiger partial charge is 0.463 e. The molecule has 0 aromatic rings. The number of hydrogen-bond acceptors (Lipinski definition) is 3. The lowest BCUT2D eigenvalue weighted by atomic mass is 10.0. The standard InChI is InChI=1S/C12H22O3/c1-9(2)5-6-11(13)7-8-12(14)15-10(3)4/h9-10H,5-8H2,1-4H3. The van der Waals surface area contributed by atoms with Crippen LogP contribution in [0.4, 0.5) is 0 Å². The van der Waals surface area contributed by atoms with E-state index in [1.807, 2.05) is 0 Å². The van der Waals surface area contributed by atoms with Crippen molar-refractivity contribution in [3.8, 4) is 0 Å². The van der Waals surface area contributed by atoms with Crippen molar-refractivity contribution in [1.29, 1.82) is 0 Å². The molecule has 0 rings (SSSR count). The van der Waals surface area contributed by atoms with Crippen LogP contribution in [0.5, 0.6) is 0 Å². The van der Waals surface area contributed by atoms with Crippen molar-refractivity contribution in [2.45, 2.75) is 59.5 Å². The molecule has 15 heavy (non-hydrogen) atoms. The van der Waals surface area contributed by atoms with Crippen LogP contribution in [0.3, 0.4) is 0 Å². The number of esters is 1. The maximum atomic E-state index is 11.3. The zero-order chi connectivity index (χ0) is 11.8. The number of rotatable bonds is 7. The molecule has 0 aliphatic heterocycles. The Morgan fingerprint density at radius 2 is 1.60 bits per heavy atom. The van der Waals surface area contributed by atoms with Crippen LogP contribution in [0.2, 0.25) is 0 Å². The van der Waals surface area contributed by atoms with Gasteiger partial charge in [0.2, 0.25) is 0 Å². The van der Waals surface area contributed by atoms with E-state index in [4.69, 9.17) is 4.74 Å². The molecule has 0 atom stereocenters. The highest BCUT2D eigenvalue weighted by Gasteiger charge is 2.09. The lowest BCUT2D eigenvalue weighted by Crippen LogP contribution is -2.13. The van der Waals surface area contributed by atoms with Gasteiger partial charge in [0.05, 0.1) is 12.5 Å². The van der Waals surface area contributed by atoms with Gasteiger partial charge in [0.15, 0.2) is 0 Å². The van der Waals surface area contributed by atoms with Crippen molar-refractivity contribution in [3.05, 3.63) is 0 Å². The fourth-order valence-corrected chi connectivity index (χ4v) is 1.14. The van der Waals surface area contributed by atoms with E-state index >= 15 is 0 Å². The van der Waals surface area contributed by atoms with Gasteiger partial charge in [0, 0.05) is 12.8 Å². The van der Waals surface area contributed by atoms with E-state index in [9.17, 15) is 9.59 Å². The molecule has 3 heteroatoms. The minimum Gasteiger partial charge on any atom is -0.463 e. The quantitative estimate of drug-likeness (QED) is 0.612. The summed E-state index contributed by atoms with van der Waals surface area (Å²) in [5.41, 5.74) is 0. The Bertz CT molecular complexity index is 207. The first kappa shape index (κ1) is 14.1. The summed E-state index contributed by atoms with van der Waals surface area (Å²) in [5.74, 6) is 0.420. The molecule has 0 saturated carbocycles. The smallest absolute Gasteiger partial charge is 0.306 e. The molecular formula is C12H22O3. The van der Waals surface area contributed by atoms with Gasteiger partial charge in [-0.3, -0.25) is 9.59 Å². The molecule has 0 amide bonds. The van der Waals surface area contributed by atoms with Gasteiger partial charge in [-0.1, -0.05) is 13.8 Å². The summed E-state index contributed by atoms with van der Waals surface area (Å²) in [6.45, 7) is 7.78. The van der Waals surface area contributed by atoms with E-state index in [-0.39, 0.29) is 24.3 Å². The van der Waals surface area contributed by atoms with Crippen molar-refractivity contribution in [3.63, 3.8) is 0 Å². The van der Waals surface area contributed by atoms with Crippen LogP contribution in [0, 0.1) is 5.92 Å². The third kappa shape index (κ3) is 9.44. The van der Waals surface area contributed by atoms with Gasteiger partial charge < -0.3 is 4.74 Å². The molecular weight excluding hydrogens is 192 g/mol. The summed E-state index contributed by atoms with van der Waals surface area (Å²) in [4.78, 5) is 22.5. The Labute approximate surface area is 92.2 Å². The van der Waals surface area contributed by atoms with Gasteiger partial charge in [-0.25, -0.2) is 0 Å². The first-order valence-corrected chi connectivity index (χ1v) is 5.63. The number of carbonyl (C=O) groups is 2. The Kier molecular flexibility index (Phi) is 7.01. The van der Waals surface area contributed by atoms with E-state index < -0.39 is 0 Å². The third-order valence-electron chi connectivity index (χ3n) is 1.98. The molecule has 0 heterocycles. The highest BCUT2D eigenvalue weighted by atomic mass is 16.5. The first-order valence-electron chi connectivity index (χ1n) is 5.63. The van der Waals surface area contributed by atoms with Gasteiger partial charge in [0.25, 0.3) is 0 Å². The second-order valence-corrected chi connectivity index (χ2v) is 4.51. The van der Waals surface area contributed by atoms with E-state index in [0.29, 0.717) is 18.8 Å². The molecule has 0 aromatic carbocycles. The number of ketones is 1. The second-order valence-electron chi connectivity index (χ2n) is 4.51. The SMILES string of the molecule is CC(C)CCC(=O)CCC(=O)OC(C)C. The molecule has 0 unspecified atom stereocenters. The summed E-state index contributed by atoms with van der Waals surface area (Å²) >= 11 is 0. The fourth-order valence-electron chi connectivity index (χ4n) is 1.14. The molecule has 0 aliphatic carbocycles. The molecule has 0 radical (unpaired) electrons. The highest BCUT2D eigenvalue weighted by Crippen LogP contribution is 2.07. The lowest BCUT2D eigenvalue weighted by Gasteiger charge is -2.07. The van der Waals surface area contributed by atoms with Gasteiger partial charge in [-0.05, 0) is 26.2 Å². The van der Waals surface area contributed by atoms with Gasteiger partial charge in [-0.2, -0.15) is 0 Å². The molecule has 0 aromatic heterocycles. The highest BCUT2D eigenvalue weighted by molar-refractivity contribution is 5.82. The van der Waals surface area contributed by atoms with Gasteiger partial charge >= 0.3 is 5.97 Å². The predicted molar refractivity (Wildman–Crippen MR) is 59.5 cm³/mol. The zero-order valence-electron chi connectivity index (χ0n) is 10.2. The number of carbonyl (C=O) groups excluding carboxylic acids is 2. The predicted octanol–water partition coefficient (Wildman–Crippen LogP) is 2.72. The zero-order valence-corrected chi connectivity index (χ0v) is 10.2. The van der Waals surface area contributed by atoms with Crippen LogP contribution < -0.4 is 0 Å². The minimum atomic E-state index is -0.275. The fraction of sp³-hybridized carbons (Fsp3) is 0.833. The summed E-state index contributed by atoms with van der Waals surface area (Å²) in [6.07, 6.45) is 1.92. The van der Waals surface area contributed by atoms with Crippen LogP contribution in [-0.2, 0) is 14.3 Å². The van der Waals surface area contributed by atoms with Crippen molar-refractivity contribution in [1.82, 2.24) is 0 Å². The third-order valence-corrected chi connectivity index (χ3v) is 1.98. The summed E-state index contributed by atoms with van der Waals surface area (Å²) in [6, 6.07) is 0. The molecule has 0 saturated heterocycles. The Morgan fingerprint density at radius 1 is 1.00 bits per heavy atom. The van der Waals surface area contributed by atoms with Crippen LogP contribution >= 0.6 is 0 Å². The van der Waals surface area contributed by atoms with Crippen molar-refractivity contribution in [2.75, 3.05) is 0 Å². The van der Waals surface area contributed by atoms with Gasteiger partial charge in [-0.15, -0.1) is 0 Å². The average Bonchev–Trinajstić information content (AvgIpc) is 2.10. The molecule has 0 aliphatic rings. The van der Waals surface area contributed by atoms with Crippen LogP contribution in [0.25, 0.3) is 0 Å². The Morgan fingerprint density at radius 3 is 2.07 bits per heavy atom. The minimum absolute atomic E-state index is 0.0942. The number of ether oxygens (including phenoxy) is 1. The van der Waals surface area contributed by atoms with Gasteiger partial charge in [0.1, 0.15) is 5.78 Å². The monoisotopic (exact) mass is 214 g/mol. The van der Waals surface area contributed by atoms with Crippen molar-refractivity contribution >= 4 is 11.8 Å². The molecule has 3 nitrogen and oxygen atoms in total. The first-order chi connectivity index (χ1) is 6.91. The van der Waals surface area contributed by atoms with E-state index in [2.05, 4.69) is 13.8 Å². The maximum absolute atomic E-state index is 11.3. The van der Waals surface area contributed by atoms with Crippen molar-refractivity contribution in [2.24, 2.45) is 5.92 Å². The Balaban J connectivity index is 3.58. The maximum Gasteiger partial charge on any atom is 0.306 e. The van der Waals surface area contributed by atoms with E-state index in [1.165, 1.54) is 0 Å². The molecule has 0 spiro atoms. The summed E-state index contributed by atoms with van der Waals surface area (Å²) in [5, 5.41) is 0. The van der Waals surface area contributed by atoms with Crippen LogP contribution in [0.1, 0.15) is 53.4 Å².